The average Bonchev–Trinajstić information content (AvgIpc) is 2.35. The van der Waals surface area contributed by atoms with Crippen molar-refractivity contribution in [1.29, 1.82) is 0 Å². The third-order valence-electron chi connectivity index (χ3n) is 2.86. The third-order valence-corrected chi connectivity index (χ3v) is 2.86. The molecule has 2 N–H and O–H groups in total. The Balaban J connectivity index is 2.38. The molecule has 0 fully saturated rings. The van der Waals surface area contributed by atoms with E-state index in [1.54, 1.807) is 0 Å². The molecule has 0 unspecified atom stereocenters. The molecule has 0 spiro atoms. The quantitative estimate of drug-likeness (QED) is 0.931. The maximum atomic E-state index is 5.74. The summed E-state index contributed by atoms with van der Waals surface area (Å²) in [6.45, 7) is 7.93. The van der Waals surface area contributed by atoms with Crippen LogP contribution in [0.3, 0.4) is 0 Å². The molecule has 0 saturated carbocycles. The van der Waals surface area contributed by atoms with E-state index in [2.05, 4.69) is 47.0 Å². The van der Waals surface area contributed by atoms with Crippen LogP contribution in [0.2, 0.25) is 0 Å². The lowest BCUT2D eigenvalue weighted by molar-refractivity contribution is 0.222. The number of nitrogens with two attached hydrogens (primary N) is 1. The van der Waals surface area contributed by atoms with Crippen LogP contribution >= 0.6 is 0 Å². The smallest absolute Gasteiger partial charge is 0.323 e. The van der Waals surface area contributed by atoms with E-state index in [1.165, 1.54) is 11.1 Å². The number of ether oxygens (including phenoxy) is 1. The molecule has 0 saturated heterocycles. The summed E-state index contributed by atoms with van der Waals surface area (Å²) in [6, 6.07) is 6.49. The van der Waals surface area contributed by atoms with Gasteiger partial charge in [-0.1, -0.05) is 6.07 Å². The Kier molecular flexibility index (Phi) is 4.26. The average molecular weight is 287 g/mol. The van der Waals surface area contributed by atoms with Gasteiger partial charge in [0.25, 0.3) is 0 Å². The molecule has 0 aliphatic heterocycles. The molecule has 6 nitrogen and oxygen atoms in total. The Morgan fingerprint density at radius 1 is 1.05 bits per heavy atom. The Bertz CT molecular complexity index is 622. The Hall–Kier alpha value is -2.37. The third kappa shape index (κ3) is 3.81. The molecule has 112 valence electrons. The van der Waals surface area contributed by atoms with Gasteiger partial charge in [-0.25, -0.2) is 0 Å². The number of aromatic nitrogens is 3. The van der Waals surface area contributed by atoms with Gasteiger partial charge < -0.3 is 15.4 Å². The van der Waals surface area contributed by atoms with Crippen molar-refractivity contribution in [2.24, 2.45) is 0 Å². The second-order valence-corrected chi connectivity index (χ2v) is 5.35. The first-order valence-corrected chi connectivity index (χ1v) is 6.85. The van der Waals surface area contributed by atoms with Crippen molar-refractivity contribution >= 4 is 17.6 Å². The van der Waals surface area contributed by atoms with Crippen LogP contribution in [0.15, 0.2) is 18.2 Å². The molecule has 2 rings (SSSR count). The second kappa shape index (κ2) is 5.95. The molecule has 0 aliphatic rings. The molecule has 1 aromatic carbocycles. The van der Waals surface area contributed by atoms with Crippen LogP contribution in [0.4, 0.5) is 17.6 Å². The Morgan fingerprint density at radius 3 is 2.24 bits per heavy atom. The van der Waals surface area contributed by atoms with Gasteiger partial charge >= 0.3 is 6.01 Å². The molecule has 21 heavy (non-hydrogen) atoms. The normalized spacial score (nSPS) is 10.8. The summed E-state index contributed by atoms with van der Waals surface area (Å²) >= 11 is 0. The summed E-state index contributed by atoms with van der Waals surface area (Å²) in [4.78, 5) is 14.3. The minimum Gasteiger partial charge on any atom is -0.461 e. The number of nitrogens with zero attached hydrogens (tertiary/aromatic N) is 4. The topological polar surface area (TPSA) is 77.2 Å². The van der Waals surface area contributed by atoms with Crippen molar-refractivity contribution in [3.8, 4) is 6.01 Å². The van der Waals surface area contributed by atoms with Crippen molar-refractivity contribution in [3.63, 3.8) is 0 Å². The van der Waals surface area contributed by atoms with Crippen molar-refractivity contribution in [2.75, 3.05) is 17.7 Å². The van der Waals surface area contributed by atoms with Crippen LogP contribution in [0.5, 0.6) is 6.01 Å². The zero-order chi connectivity index (χ0) is 15.6. The van der Waals surface area contributed by atoms with Gasteiger partial charge in [0.2, 0.25) is 11.9 Å². The molecular formula is C15H21N5O. The van der Waals surface area contributed by atoms with Gasteiger partial charge in [-0.05, 0) is 51.0 Å². The van der Waals surface area contributed by atoms with E-state index in [1.807, 2.05) is 25.8 Å². The van der Waals surface area contributed by atoms with Gasteiger partial charge in [-0.3, -0.25) is 0 Å². The fourth-order valence-corrected chi connectivity index (χ4v) is 2.03. The van der Waals surface area contributed by atoms with E-state index in [-0.39, 0.29) is 18.1 Å². The van der Waals surface area contributed by atoms with E-state index >= 15 is 0 Å². The highest BCUT2D eigenvalue weighted by atomic mass is 16.5. The zero-order valence-electron chi connectivity index (χ0n) is 13.1. The fraction of sp³-hybridized carbons (Fsp3) is 0.400. The van der Waals surface area contributed by atoms with Crippen LogP contribution in [0, 0.1) is 13.8 Å². The first-order chi connectivity index (χ1) is 9.85. The number of hydrogen-bond acceptors (Lipinski definition) is 6. The second-order valence-electron chi connectivity index (χ2n) is 5.35. The number of rotatable bonds is 4. The van der Waals surface area contributed by atoms with Gasteiger partial charge in [0.05, 0.1) is 6.10 Å². The molecule has 1 heterocycles. The van der Waals surface area contributed by atoms with E-state index in [0.717, 1.165) is 5.69 Å². The van der Waals surface area contributed by atoms with Gasteiger partial charge in [-0.15, -0.1) is 0 Å². The van der Waals surface area contributed by atoms with Crippen LogP contribution in [-0.4, -0.2) is 28.1 Å². The van der Waals surface area contributed by atoms with Gasteiger partial charge in [0, 0.05) is 12.7 Å². The first kappa shape index (κ1) is 15.0. The van der Waals surface area contributed by atoms with E-state index in [0.29, 0.717) is 5.95 Å². The highest BCUT2D eigenvalue weighted by Gasteiger charge is 2.13. The lowest BCUT2D eigenvalue weighted by atomic mass is 10.1. The maximum Gasteiger partial charge on any atom is 0.323 e. The van der Waals surface area contributed by atoms with Crippen molar-refractivity contribution in [3.05, 3.63) is 29.3 Å². The Labute approximate surface area is 125 Å². The highest BCUT2D eigenvalue weighted by molar-refractivity contribution is 5.59. The fourth-order valence-electron chi connectivity index (χ4n) is 2.03. The summed E-state index contributed by atoms with van der Waals surface area (Å²) in [5.41, 5.74) is 9.09. The van der Waals surface area contributed by atoms with Gasteiger partial charge in [0.1, 0.15) is 0 Å². The standard InChI is InChI=1S/C15H21N5O/c1-9(2)21-15-18-13(16)17-14(19-15)20(5)12-7-10(3)6-11(4)8-12/h6-9H,1-5H3,(H2,16,17,18,19). The largest absolute Gasteiger partial charge is 0.461 e. The molecule has 0 aliphatic carbocycles. The van der Waals surface area contributed by atoms with Crippen LogP contribution in [-0.2, 0) is 0 Å². The molecule has 0 radical (unpaired) electrons. The predicted octanol–water partition coefficient (Wildman–Crippen LogP) is 2.63. The lowest BCUT2D eigenvalue weighted by Gasteiger charge is -2.19. The molecule has 0 atom stereocenters. The number of nitrogen functional groups attached to an aromatic ring is 1. The summed E-state index contributed by atoms with van der Waals surface area (Å²) in [5, 5.41) is 0. The molecular weight excluding hydrogens is 266 g/mol. The zero-order valence-corrected chi connectivity index (χ0v) is 13.1. The summed E-state index contributed by atoms with van der Waals surface area (Å²) < 4.78 is 5.50. The van der Waals surface area contributed by atoms with E-state index < -0.39 is 0 Å². The maximum absolute atomic E-state index is 5.74. The van der Waals surface area contributed by atoms with Crippen LogP contribution < -0.4 is 15.4 Å². The monoisotopic (exact) mass is 287 g/mol. The molecule has 2 aromatic rings. The molecule has 1 aromatic heterocycles. The van der Waals surface area contributed by atoms with Crippen LogP contribution in [0.1, 0.15) is 25.0 Å². The number of hydrogen-bond donors (Lipinski definition) is 1. The van der Waals surface area contributed by atoms with Crippen molar-refractivity contribution in [2.45, 2.75) is 33.8 Å². The lowest BCUT2D eigenvalue weighted by Crippen LogP contribution is -2.17. The summed E-state index contributed by atoms with van der Waals surface area (Å²) in [5.74, 6) is 0.607. The SMILES string of the molecule is Cc1cc(C)cc(N(C)c2nc(N)nc(OC(C)C)n2)c1. The number of anilines is 3. The van der Waals surface area contributed by atoms with Crippen molar-refractivity contribution in [1.82, 2.24) is 15.0 Å². The number of benzene rings is 1. The summed E-state index contributed by atoms with van der Waals surface area (Å²) in [7, 11) is 1.89. The van der Waals surface area contributed by atoms with Gasteiger partial charge in [-0.2, -0.15) is 15.0 Å². The Morgan fingerprint density at radius 2 is 1.67 bits per heavy atom. The first-order valence-electron chi connectivity index (χ1n) is 6.85. The van der Waals surface area contributed by atoms with Gasteiger partial charge in [0.15, 0.2) is 0 Å². The van der Waals surface area contributed by atoms with E-state index in [4.69, 9.17) is 10.5 Å². The minimum atomic E-state index is -0.0221. The predicted molar refractivity (Wildman–Crippen MR) is 84.0 cm³/mol. The van der Waals surface area contributed by atoms with Crippen molar-refractivity contribution < 1.29 is 4.74 Å². The highest BCUT2D eigenvalue weighted by Crippen LogP contribution is 2.24. The summed E-state index contributed by atoms with van der Waals surface area (Å²) in [6.07, 6.45) is -0.0221. The molecule has 6 heteroatoms. The number of aryl methyl sites for hydroxylation is 2. The minimum absolute atomic E-state index is 0.0221. The molecule has 0 bridgehead atoms. The van der Waals surface area contributed by atoms with Crippen LogP contribution in [0.25, 0.3) is 0 Å². The van der Waals surface area contributed by atoms with E-state index in [9.17, 15) is 0 Å². The molecule has 0 amide bonds.